The van der Waals surface area contributed by atoms with Gasteiger partial charge in [-0.05, 0) is 23.8 Å². The Hall–Kier alpha value is -2.19. The maximum absolute atomic E-state index is 9.19. The Balaban J connectivity index is 2.01. The molecule has 0 unspecified atom stereocenters. The summed E-state index contributed by atoms with van der Waals surface area (Å²) in [5, 5.41) is 12.1. The zero-order valence-electron chi connectivity index (χ0n) is 10.0. The molecule has 4 nitrogen and oxygen atoms in total. The van der Waals surface area contributed by atoms with Crippen LogP contribution in [0.15, 0.2) is 63.7 Å². The lowest BCUT2D eigenvalue weighted by Gasteiger charge is -2.16. The van der Waals surface area contributed by atoms with E-state index in [4.69, 9.17) is 5.73 Å². The molecule has 1 aromatic rings. The number of rotatable bonds is 1. The van der Waals surface area contributed by atoms with Crippen LogP contribution < -0.4 is 16.0 Å². The number of hydrogen-bond donors (Lipinski definition) is 2. The summed E-state index contributed by atoms with van der Waals surface area (Å²) < 4.78 is 1.03. The Morgan fingerprint density at radius 1 is 1.42 bits per heavy atom. The normalized spacial score (nSPS) is 17.4. The van der Waals surface area contributed by atoms with E-state index in [0.717, 1.165) is 27.9 Å². The molecule has 3 N–H and O–H groups in total. The minimum atomic E-state index is 0.411. The van der Waals surface area contributed by atoms with E-state index in [9.17, 15) is 5.26 Å². The molecule has 0 aromatic heterocycles. The van der Waals surface area contributed by atoms with Gasteiger partial charge in [-0.1, -0.05) is 22.0 Å². The quantitative estimate of drug-likeness (QED) is 0.835. The van der Waals surface area contributed by atoms with Crippen molar-refractivity contribution in [1.82, 2.24) is 5.32 Å². The van der Waals surface area contributed by atoms with Gasteiger partial charge in [0.2, 0.25) is 0 Å². The lowest BCUT2D eigenvalue weighted by Crippen LogP contribution is -2.22. The van der Waals surface area contributed by atoms with Crippen molar-refractivity contribution in [2.45, 2.75) is 0 Å². The summed E-state index contributed by atoms with van der Waals surface area (Å²) in [5.74, 6) is 0.411. The highest BCUT2D eigenvalue weighted by atomic mass is 79.9. The van der Waals surface area contributed by atoms with Gasteiger partial charge < -0.3 is 16.0 Å². The number of benzene rings is 1. The lowest BCUT2D eigenvalue weighted by molar-refractivity contribution is 0.962. The number of allylic oxidation sites excluding steroid dienone is 1. The molecule has 0 aliphatic carbocycles. The summed E-state index contributed by atoms with van der Waals surface area (Å²) in [6.45, 7) is 0.733. The Kier molecular flexibility index (Phi) is 2.80. The molecule has 94 valence electrons. The molecule has 0 saturated carbocycles. The van der Waals surface area contributed by atoms with Gasteiger partial charge in [-0.15, -0.1) is 0 Å². The van der Waals surface area contributed by atoms with Crippen LogP contribution in [0.2, 0.25) is 0 Å². The molecule has 0 fully saturated rings. The van der Waals surface area contributed by atoms with Crippen molar-refractivity contribution in [3.05, 3.63) is 63.7 Å². The molecule has 0 spiro atoms. The van der Waals surface area contributed by atoms with Crippen LogP contribution in [0.5, 0.6) is 0 Å². The molecule has 0 atom stereocenters. The van der Waals surface area contributed by atoms with Gasteiger partial charge in [-0.3, -0.25) is 0 Å². The van der Waals surface area contributed by atoms with E-state index in [1.165, 1.54) is 0 Å². The first-order valence-electron chi connectivity index (χ1n) is 5.79. The Morgan fingerprint density at radius 2 is 2.26 bits per heavy atom. The van der Waals surface area contributed by atoms with Crippen LogP contribution in [-0.2, 0) is 0 Å². The van der Waals surface area contributed by atoms with Gasteiger partial charge in [0.15, 0.2) is 0 Å². The molecule has 0 radical (unpaired) electrons. The summed E-state index contributed by atoms with van der Waals surface area (Å²) in [5.41, 5.74) is 9.35. The van der Waals surface area contributed by atoms with Crippen molar-refractivity contribution in [2.24, 2.45) is 5.73 Å². The van der Waals surface area contributed by atoms with Gasteiger partial charge >= 0.3 is 0 Å². The molecular formula is C14H11BrN4. The van der Waals surface area contributed by atoms with Gasteiger partial charge in [0, 0.05) is 34.7 Å². The maximum atomic E-state index is 9.19. The van der Waals surface area contributed by atoms with Crippen molar-refractivity contribution in [2.75, 3.05) is 11.4 Å². The topological polar surface area (TPSA) is 65.1 Å². The Morgan fingerprint density at radius 3 is 3.00 bits per heavy atom. The summed E-state index contributed by atoms with van der Waals surface area (Å²) in [7, 11) is 0. The number of hydrogen-bond acceptors (Lipinski definition) is 4. The van der Waals surface area contributed by atoms with Crippen molar-refractivity contribution >= 4 is 21.6 Å². The van der Waals surface area contributed by atoms with Crippen LogP contribution in [0.4, 0.5) is 5.69 Å². The minimum Gasteiger partial charge on any atom is -0.384 e. The number of nitrogens with zero attached hydrogens (tertiary/aromatic N) is 2. The van der Waals surface area contributed by atoms with E-state index in [1.54, 1.807) is 0 Å². The van der Waals surface area contributed by atoms with E-state index < -0.39 is 0 Å². The fourth-order valence-electron chi connectivity index (χ4n) is 2.22. The Bertz CT molecular complexity index is 679. The minimum absolute atomic E-state index is 0.411. The van der Waals surface area contributed by atoms with Crippen LogP contribution in [0.3, 0.4) is 0 Å². The van der Waals surface area contributed by atoms with Crippen molar-refractivity contribution < 1.29 is 0 Å². The van der Waals surface area contributed by atoms with Crippen molar-refractivity contribution in [3.8, 4) is 6.07 Å². The molecule has 5 heteroatoms. The zero-order valence-corrected chi connectivity index (χ0v) is 11.6. The van der Waals surface area contributed by atoms with E-state index >= 15 is 0 Å². The number of fused-ring (bicyclic) bond motifs is 1. The average molecular weight is 315 g/mol. The molecule has 2 aliphatic heterocycles. The second kappa shape index (κ2) is 4.48. The third kappa shape index (κ3) is 2.00. The van der Waals surface area contributed by atoms with E-state index in [2.05, 4.69) is 32.2 Å². The number of dihydropyridines is 1. The van der Waals surface area contributed by atoms with Gasteiger partial charge in [0.1, 0.15) is 17.5 Å². The van der Waals surface area contributed by atoms with Gasteiger partial charge in [0.05, 0.1) is 0 Å². The highest BCUT2D eigenvalue weighted by Crippen LogP contribution is 2.33. The summed E-state index contributed by atoms with van der Waals surface area (Å²) >= 11 is 3.47. The zero-order chi connectivity index (χ0) is 13.4. The summed E-state index contributed by atoms with van der Waals surface area (Å²) in [6, 6.07) is 10.2. The first-order chi connectivity index (χ1) is 9.19. The monoisotopic (exact) mass is 314 g/mol. The molecule has 0 amide bonds. The molecule has 2 heterocycles. The van der Waals surface area contributed by atoms with Crippen LogP contribution in [0, 0.1) is 11.3 Å². The average Bonchev–Trinajstić information content (AvgIpc) is 2.83. The first-order valence-corrected chi connectivity index (χ1v) is 6.58. The number of anilines is 1. The number of nitrogens with two attached hydrogens (primary N) is 1. The molecule has 0 saturated heterocycles. The maximum Gasteiger partial charge on any atom is 0.119 e. The van der Waals surface area contributed by atoms with Crippen LogP contribution in [-0.4, -0.2) is 6.54 Å². The summed E-state index contributed by atoms with van der Waals surface area (Å²) in [6.07, 6.45) is 3.83. The smallest absolute Gasteiger partial charge is 0.119 e. The van der Waals surface area contributed by atoms with Crippen molar-refractivity contribution in [3.63, 3.8) is 0 Å². The predicted molar refractivity (Wildman–Crippen MR) is 77.6 cm³/mol. The molecule has 3 rings (SSSR count). The van der Waals surface area contributed by atoms with E-state index in [0.29, 0.717) is 11.4 Å². The fourth-order valence-corrected chi connectivity index (χ4v) is 2.61. The third-order valence-electron chi connectivity index (χ3n) is 3.16. The third-order valence-corrected chi connectivity index (χ3v) is 3.66. The molecule has 0 bridgehead atoms. The first kappa shape index (κ1) is 11.9. The van der Waals surface area contributed by atoms with Gasteiger partial charge in [-0.25, -0.2) is 0 Å². The SMILES string of the molecule is N#CC1=C(N)NC=C2CN(c3cccc(Br)c3)C=C21. The lowest BCUT2D eigenvalue weighted by atomic mass is 10.0. The number of nitrogens with one attached hydrogen (secondary N) is 1. The highest BCUT2D eigenvalue weighted by Gasteiger charge is 2.26. The summed E-state index contributed by atoms with van der Waals surface area (Å²) in [4.78, 5) is 2.10. The van der Waals surface area contributed by atoms with Gasteiger partial charge in [0.25, 0.3) is 0 Å². The predicted octanol–water partition coefficient (Wildman–Crippen LogP) is 2.33. The molecule has 19 heavy (non-hydrogen) atoms. The highest BCUT2D eigenvalue weighted by molar-refractivity contribution is 9.10. The number of nitriles is 1. The van der Waals surface area contributed by atoms with E-state index in [1.807, 2.05) is 36.7 Å². The second-order valence-corrected chi connectivity index (χ2v) is 5.28. The van der Waals surface area contributed by atoms with Crippen LogP contribution in [0.1, 0.15) is 0 Å². The molecule has 2 aliphatic rings. The second-order valence-electron chi connectivity index (χ2n) is 4.36. The largest absolute Gasteiger partial charge is 0.384 e. The standard InChI is InChI=1S/C14H11BrN4/c15-10-2-1-3-11(4-10)19-7-9-6-18-14(17)12(5-16)13(9)8-19/h1-4,6,8,18H,7,17H2. The Labute approximate surface area is 119 Å². The number of halogens is 1. The molecular weight excluding hydrogens is 304 g/mol. The molecule has 1 aromatic carbocycles. The van der Waals surface area contributed by atoms with Gasteiger partial charge in [-0.2, -0.15) is 5.26 Å². The van der Waals surface area contributed by atoms with Crippen LogP contribution >= 0.6 is 15.9 Å². The van der Waals surface area contributed by atoms with E-state index in [-0.39, 0.29) is 0 Å². The van der Waals surface area contributed by atoms with Crippen molar-refractivity contribution in [1.29, 1.82) is 5.26 Å². The van der Waals surface area contributed by atoms with Crippen LogP contribution in [0.25, 0.3) is 0 Å². The fraction of sp³-hybridized carbons (Fsp3) is 0.0714.